The van der Waals surface area contributed by atoms with Crippen LogP contribution in [-0.4, -0.2) is 29.6 Å². The van der Waals surface area contributed by atoms with Crippen LogP contribution in [0.2, 0.25) is 0 Å². The van der Waals surface area contributed by atoms with E-state index in [0.717, 1.165) is 6.54 Å². The summed E-state index contributed by atoms with van der Waals surface area (Å²) in [6, 6.07) is 8.36. The minimum Gasteiger partial charge on any atom is -0.478 e. The van der Waals surface area contributed by atoms with E-state index in [4.69, 9.17) is 5.11 Å². The molecule has 0 spiro atoms. The largest absolute Gasteiger partial charge is 0.478 e. The van der Waals surface area contributed by atoms with Crippen LogP contribution in [0.5, 0.6) is 0 Å². The molecule has 1 rings (SSSR count). The summed E-state index contributed by atoms with van der Waals surface area (Å²) in [6.45, 7) is 5.42. The standard InChI is InChI=1S/C15H21NO2/c1-4-14(15(17)18)8-9-16(3)11-13-7-5-6-12(2)10-13/h5-8,10H,4,9,11H2,1-3H3,(H,17,18). The highest BCUT2D eigenvalue weighted by molar-refractivity contribution is 5.86. The first kappa shape index (κ1) is 14.5. The minimum absolute atomic E-state index is 0.478. The summed E-state index contributed by atoms with van der Waals surface area (Å²) < 4.78 is 0. The number of carboxylic acid groups (broad SMARTS) is 1. The molecule has 0 heterocycles. The van der Waals surface area contributed by atoms with Gasteiger partial charge in [-0.2, -0.15) is 0 Å². The van der Waals surface area contributed by atoms with E-state index in [2.05, 4.69) is 30.0 Å². The van der Waals surface area contributed by atoms with Gasteiger partial charge in [0.2, 0.25) is 0 Å². The van der Waals surface area contributed by atoms with E-state index >= 15 is 0 Å². The van der Waals surface area contributed by atoms with Crippen molar-refractivity contribution in [2.24, 2.45) is 0 Å². The zero-order valence-electron chi connectivity index (χ0n) is 11.3. The van der Waals surface area contributed by atoms with Crippen LogP contribution in [0, 0.1) is 6.92 Å². The molecule has 0 aliphatic heterocycles. The summed E-state index contributed by atoms with van der Waals surface area (Å²) in [7, 11) is 1.99. The first-order valence-corrected chi connectivity index (χ1v) is 6.19. The molecule has 1 aromatic carbocycles. The second-order valence-electron chi connectivity index (χ2n) is 4.57. The van der Waals surface area contributed by atoms with Crippen molar-refractivity contribution in [2.45, 2.75) is 26.8 Å². The number of carbonyl (C=O) groups is 1. The van der Waals surface area contributed by atoms with Crippen molar-refractivity contribution >= 4 is 5.97 Å². The zero-order valence-corrected chi connectivity index (χ0v) is 11.3. The molecule has 0 amide bonds. The van der Waals surface area contributed by atoms with Crippen molar-refractivity contribution in [2.75, 3.05) is 13.6 Å². The molecule has 18 heavy (non-hydrogen) atoms. The molecule has 3 nitrogen and oxygen atoms in total. The van der Waals surface area contributed by atoms with E-state index in [1.54, 1.807) is 6.08 Å². The number of aliphatic carboxylic acids is 1. The Hall–Kier alpha value is -1.61. The molecule has 0 saturated carbocycles. The molecule has 0 radical (unpaired) electrons. The van der Waals surface area contributed by atoms with Crippen molar-refractivity contribution in [1.29, 1.82) is 0 Å². The van der Waals surface area contributed by atoms with Crippen LogP contribution < -0.4 is 0 Å². The van der Waals surface area contributed by atoms with Crippen molar-refractivity contribution in [1.82, 2.24) is 4.90 Å². The number of hydrogen-bond acceptors (Lipinski definition) is 2. The Labute approximate surface area is 109 Å². The fraction of sp³-hybridized carbons (Fsp3) is 0.400. The van der Waals surface area contributed by atoms with Gasteiger partial charge < -0.3 is 5.11 Å². The summed E-state index contributed by atoms with van der Waals surface area (Å²) in [5.41, 5.74) is 2.97. The van der Waals surface area contributed by atoms with Crippen LogP contribution in [0.15, 0.2) is 35.9 Å². The highest BCUT2D eigenvalue weighted by atomic mass is 16.4. The van der Waals surface area contributed by atoms with Gasteiger partial charge in [-0.25, -0.2) is 4.79 Å². The number of rotatable bonds is 6. The Morgan fingerprint density at radius 3 is 2.72 bits per heavy atom. The van der Waals surface area contributed by atoms with E-state index in [1.807, 2.05) is 20.0 Å². The number of benzene rings is 1. The van der Waals surface area contributed by atoms with E-state index in [0.29, 0.717) is 18.5 Å². The molecule has 0 fully saturated rings. The highest BCUT2D eigenvalue weighted by Gasteiger charge is 2.05. The van der Waals surface area contributed by atoms with Gasteiger partial charge in [-0.15, -0.1) is 0 Å². The van der Waals surface area contributed by atoms with Gasteiger partial charge >= 0.3 is 5.97 Å². The maximum Gasteiger partial charge on any atom is 0.331 e. The molecular formula is C15H21NO2. The number of nitrogens with zero attached hydrogens (tertiary/aromatic N) is 1. The van der Waals surface area contributed by atoms with Crippen LogP contribution in [0.4, 0.5) is 0 Å². The molecule has 0 saturated heterocycles. The van der Waals surface area contributed by atoms with Crippen molar-refractivity contribution in [3.8, 4) is 0 Å². The lowest BCUT2D eigenvalue weighted by atomic mass is 10.1. The van der Waals surface area contributed by atoms with E-state index in [9.17, 15) is 4.79 Å². The predicted molar refractivity (Wildman–Crippen MR) is 73.5 cm³/mol. The number of aryl methyl sites for hydroxylation is 1. The second kappa shape index (κ2) is 6.97. The van der Waals surface area contributed by atoms with Gasteiger partial charge in [0.15, 0.2) is 0 Å². The van der Waals surface area contributed by atoms with E-state index in [1.165, 1.54) is 11.1 Å². The summed E-state index contributed by atoms with van der Waals surface area (Å²) in [6.07, 6.45) is 2.35. The van der Waals surface area contributed by atoms with Gasteiger partial charge in [0.25, 0.3) is 0 Å². The van der Waals surface area contributed by atoms with Gasteiger partial charge in [0.05, 0.1) is 0 Å². The van der Waals surface area contributed by atoms with Crippen LogP contribution in [0.3, 0.4) is 0 Å². The zero-order chi connectivity index (χ0) is 13.5. The van der Waals surface area contributed by atoms with Gasteiger partial charge in [0, 0.05) is 18.7 Å². The molecule has 98 valence electrons. The third-order valence-corrected chi connectivity index (χ3v) is 2.84. The average Bonchev–Trinajstić information content (AvgIpc) is 2.29. The predicted octanol–water partition coefficient (Wildman–Crippen LogP) is 2.85. The lowest BCUT2D eigenvalue weighted by molar-refractivity contribution is -0.132. The van der Waals surface area contributed by atoms with Crippen LogP contribution in [0.1, 0.15) is 24.5 Å². The molecule has 3 heteroatoms. The number of likely N-dealkylation sites (N-methyl/N-ethyl adjacent to an activating group) is 1. The Bertz CT molecular complexity index is 438. The van der Waals surface area contributed by atoms with Crippen LogP contribution in [0.25, 0.3) is 0 Å². The topological polar surface area (TPSA) is 40.5 Å². The van der Waals surface area contributed by atoms with E-state index in [-0.39, 0.29) is 0 Å². The lowest BCUT2D eigenvalue weighted by Gasteiger charge is -2.15. The Morgan fingerprint density at radius 2 is 2.17 bits per heavy atom. The third kappa shape index (κ3) is 4.72. The van der Waals surface area contributed by atoms with Crippen molar-refractivity contribution in [3.63, 3.8) is 0 Å². The Morgan fingerprint density at radius 1 is 1.44 bits per heavy atom. The minimum atomic E-state index is -0.818. The molecule has 0 unspecified atom stereocenters. The normalized spacial score (nSPS) is 11.9. The maximum absolute atomic E-state index is 10.9. The smallest absolute Gasteiger partial charge is 0.331 e. The van der Waals surface area contributed by atoms with E-state index < -0.39 is 5.97 Å². The summed E-state index contributed by atoms with van der Waals surface area (Å²) in [4.78, 5) is 13.0. The average molecular weight is 247 g/mol. The van der Waals surface area contributed by atoms with Crippen LogP contribution in [-0.2, 0) is 11.3 Å². The summed E-state index contributed by atoms with van der Waals surface area (Å²) in [5, 5.41) is 8.93. The maximum atomic E-state index is 10.9. The SMILES string of the molecule is CCC(=CCN(C)Cc1cccc(C)c1)C(=O)O. The third-order valence-electron chi connectivity index (χ3n) is 2.84. The molecular weight excluding hydrogens is 226 g/mol. The van der Waals surface area contributed by atoms with Gasteiger partial charge in [0.1, 0.15) is 0 Å². The monoisotopic (exact) mass is 247 g/mol. The summed E-state index contributed by atoms with van der Waals surface area (Å²) >= 11 is 0. The number of hydrogen-bond donors (Lipinski definition) is 1. The second-order valence-corrected chi connectivity index (χ2v) is 4.57. The van der Waals surface area contributed by atoms with Crippen molar-refractivity contribution < 1.29 is 9.90 Å². The first-order chi connectivity index (χ1) is 8.52. The quantitative estimate of drug-likeness (QED) is 0.786. The van der Waals surface area contributed by atoms with Gasteiger partial charge in [-0.1, -0.05) is 42.8 Å². The fourth-order valence-electron chi connectivity index (χ4n) is 1.84. The molecule has 1 aromatic rings. The van der Waals surface area contributed by atoms with Gasteiger partial charge in [-0.05, 0) is 26.0 Å². The number of carboxylic acids is 1. The molecule has 0 bridgehead atoms. The molecule has 1 N–H and O–H groups in total. The fourth-order valence-corrected chi connectivity index (χ4v) is 1.84. The van der Waals surface area contributed by atoms with Crippen LogP contribution >= 0.6 is 0 Å². The Kier molecular flexibility index (Phi) is 5.59. The van der Waals surface area contributed by atoms with Crippen molar-refractivity contribution in [3.05, 3.63) is 47.0 Å². The molecule has 0 aromatic heterocycles. The lowest BCUT2D eigenvalue weighted by Crippen LogP contribution is -2.18. The molecule has 0 aliphatic carbocycles. The molecule has 0 aliphatic rings. The molecule has 0 atom stereocenters. The summed E-state index contributed by atoms with van der Waals surface area (Å²) in [5.74, 6) is -0.818. The van der Waals surface area contributed by atoms with Gasteiger partial charge in [-0.3, -0.25) is 4.90 Å². The Balaban J connectivity index is 2.56. The first-order valence-electron chi connectivity index (χ1n) is 6.19. The highest BCUT2D eigenvalue weighted by Crippen LogP contribution is 2.07.